The Kier molecular flexibility index (Phi) is 2.54. The molecular weight excluding hydrogens is 184 g/mol. The van der Waals surface area contributed by atoms with Crippen LogP contribution < -0.4 is 0 Å². The van der Waals surface area contributed by atoms with E-state index in [1.165, 1.54) is 57.8 Å². The first-order valence-corrected chi connectivity index (χ1v) is 7.00. The minimum absolute atomic E-state index is 0.0494. The standard InChI is InChI=1S/C14H24O/c15-13-10-14(8-4-1-5-9-14)12-7-3-2-6-11(12)13/h11-13,15H,1-10H2. The summed E-state index contributed by atoms with van der Waals surface area (Å²) in [7, 11) is 0. The van der Waals surface area contributed by atoms with E-state index in [1.807, 2.05) is 0 Å². The lowest BCUT2D eigenvalue weighted by Crippen LogP contribution is -2.32. The van der Waals surface area contributed by atoms with Gasteiger partial charge in [-0.05, 0) is 49.4 Å². The highest BCUT2D eigenvalue weighted by atomic mass is 16.3. The van der Waals surface area contributed by atoms with Crippen molar-refractivity contribution in [1.29, 1.82) is 0 Å². The van der Waals surface area contributed by atoms with E-state index < -0.39 is 0 Å². The maximum absolute atomic E-state index is 10.2. The van der Waals surface area contributed by atoms with Gasteiger partial charge in [-0.15, -0.1) is 0 Å². The first-order chi connectivity index (χ1) is 7.32. The number of aliphatic hydroxyl groups is 1. The summed E-state index contributed by atoms with van der Waals surface area (Å²) < 4.78 is 0. The largest absolute Gasteiger partial charge is 0.393 e. The summed E-state index contributed by atoms with van der Waals surface area (Å²) >= 11 is 0. The SMILES string of the molecule is OC1CC2(CCCCC2)C2CCCCC12. The molecule has 0 aromatic rings. The molecule has 3 aliphatic carbocycles. The van der Waals surface area contributed by atoms with Crippen LogP contribution >= 0.6 is 0 Å². The van der Waals surface area contributed by atoms with Crippen molar-refractivity contribution in [2.45, 2.75) is 70.3 Å². The van der Waals surface area contributed by atoms with Gasteiger partial charge in [0.25, 0.3) is 0 Å². The molecule has 3 saturated carbocycles. The summed E-state index contributed by atoms with van der Waals surface area (Å²) in [6, 6.07) is 0. The van der Waals surface area contributed by atoms with Crippen molar-refractivity contribution < 1.29 is 5.11 Å². The van der Waals surface area contributed by atoms with Gasteiger partial charge < -0.3 is 5.11 Å². The molecule has 1 spiro atoms. The van der Waals surface area contributed by atoms with E-state index in [-0.39, 0.29) is 6.10 Å². The van der Waals surface area contributed by atoms with Gasteiger partial charge >= 0.3 is 0 Å². The topological polar surface area (TPSA) is 20.2 Å². The summed E-state index contributed by atoms with van der Waals surface area (Å²) in [5.74, 6) is 1.57. The summed E-state index contributed by atoms with van der Waals surface area (Å²) in [4.78, 5) is 0. The van der Waals surface area contributed by atoms with Gasteiger partial charge in [0.15, 0.2) is 0 Å². The Morgan fingerprint density at radius 1 is 0.867 bits per heavy atom. The summed E-state index contributed by atoms with van der Waals surface area (Å²) in [6.07, 6.45) is 13.9. The zero-order valence-corrected chi connectivity index (χ0v) is 9.75. The van der Waals surface area contributed by atoms with Crippen molar-refractivity contribution in [3.8, 4) is 0 Å². The van der Waals surface area contributed by atoms with Crippen LogP contribution in [-0.2, 0) is 0 Å². The molecule has 86 valence electrons. The normalized spacial score (nSPS) is 44.2. The van der Waals surface area contributed by atoms with E-state index in [1.54, 1.807) is 0 Å². The molecule has 0 aromatic heterocycles. The van der Waals surface area contributed by atoms with Crippen molar-refractivity contribution in [3.05, 3.63) is 0 Å². The molecule has 0 aromatic carbocycles. The van der Waals surface area contributed by atoms with Gasteiger partial charge in [0.2, 0.25) is 0 Å². The molecule has 15 heavy (non-hydrogen) atoms. The van der Waals surface area contributed by atoms with Crippen molar-refractivity contribution >= 4 is 0 Å². The molecule has 3 rings (SSSR count). The minimum Gasteiger partial charge on any atom is -0.393 e. The lowest BCUT2D eigenvalue weighted by molar-refractivity contribution is 0.0744. The number of hydrogen-bond acceptors (Lipinski definition) is 1. The Balaban J connectivity index is 1.83. The third-order valence-corrected chi connectivity index (χ3v) is 5.57. The van der Waals surface area contributed by atoms with E-state index in [0.29, 0.717) is 11.3 Å². The molecule has 0 radical (unpaired) electrons. The average molecular weight is 208 g/mol. The van der Waals surface area contributed by atoms with Crippen LogP contribution in [0.25, 0.3) is 0 Å². The van der Waals surface area contributed by atoms with Crippen molar-refractivity contribution in [1.82, 2.24) is 0 Å². The van der Waals surface area contributed by atoms with Crippen molar-refractivity contribution in [2.24, 2.45) is 17.3 Å². The Hall–Kier alpha value is -0.0400. The molecule has 0 amide bonds. The smallest absolute Gasteiger partial charge is 0.0576 e. The lowest BCUT2D eigenvalue weighted by Gasteiger charge is -2.42. The summed E-state index contributed by atoms with van der Waals surface area (Å²) in [5.41, 5.74) is 0.586. The summed E-state index contributed by atoms with van der Waals surface area (Å²) in [5, 5.41) is 10.2. The second-order valence-corrected chi connectivity index (χ2v) is 6.25. The van der Waals surface area contributed by atoms with Crippen LogP contribution in [0.3, 0.4) is 0 Å². The van der Waals surface area contributed by atoms with E-state index in [0.717, 1.165) is 12.3 Å². The average Bonchev–Trinajstić information content (AvgIpc) is 2.55. The highest BCUT2D eigenvalue weighted by molar-refractivity contribution is 5.02. The molecule has 3 atom stereocenters. The third kappa shape index (κ3) is 1.54. The quantitative estimate of drug-likeness (QED) is 0.646. The molecule has 0 bridgehead atoms. The minimum atomic E-state index is 0.0494. The first-order valence-electron chi connectivity index (χ1n) is 7.00. The van der Waals surface area contributed by atoms with Crippen LogP contribution in [0.15, 0.2) is 0 Å². The van der Waals surface area contributed by atoms with E-state index in [4.69, 9.17) is 0 Å². The van der Waals surface area contributed by atoms with Gasteiger partial charge in [-0.25, -0.2) is 0 Å². The predicted octanol–water partition coefficient (Wildman–Crippen LogP) is 3.51. The van der Waals surface area contributed by atoms with Crippen LogP contribution in [0, 0.1) is 17.3 Å². The molecule has 3 unspecified atom stereocenters. The predicted molar refractivity (Wildman–Crippen MR) is 61.6 cm³/mol. The van der Waals surface area contributed by atoms with Crippen LogP contribution in [0.2, 0.25) is 0 Å². The Morgan fingerprint density at radius 3 is 2.40 bits per heavy atom. The molecule has 1 nitrogen and oxygen atoms in total. The number of fused-ring (bicyclic) bond motifs is 2. The van der Waals surface area contributed by atoms with Crippen LogP contribution in [0.1, 0.15) is 64.2 Å². The summed E-state index contributed by atoms with van der Waals surface area (Å²) in [6.45, 7) is 0. The van der Waals surface area contributed by atoms with E-state index in [9.17, 15) is 5.11 Å². The fourth-order valence-electron chi connectivity index (χ4n) is 4.93. The maximum Gasteiger partial charge on any atom is 0.0576 e. The Labute approximate surface area is 93.3 Å². The van der Waals surface area contributed by atoms with Gasteiger partial charge in [-0.3, -0.25) is 0 Å². The molecule has 3 fully saturated rings. The van der Waals surface area contributed by atoms with Crippen molar-refractivity contribution in [3.63, 3.8) is 0 Å². The van der Waals surface area contributed by atoms with Crippen LogP contribution in [0.4, 0.5) is 0 Å². The van der Waals surface area contributed by atoms with Gasteiger partial charge in [0, 0.05) is 0 Å². The number of hydrogen-bond donors (Lipinski definition) is 1. The van der Waals surface area contributed by atoms with Gasteiger partial charge in [0.05, 0.1) is 6.10 Å². The number of rotatable bonds is 0. The molecule has 1 N–H and O–H groups in total. The second-order valence-electron chi connectivity index (χ2n) is 6.25. The molecule has 0 saturated heterocycles. The molecule has 0 heterocycles. The Morgan fingerprint density at radius 2 is 1.60 bits per heavy atom. The van der Waals surface area contributed by atoms with Gasteiger partial charge in [-0.1, -0.05) is 32.1 Å². The molecule has 3 aliphatic rings. The lowest BCUT2D eigenvalue weighted by atomic mass is 9.63. The highest BCUT2D eigenvalue weighted by Crippen LogP contribution is 2.59. The zero-order chi connectivity index (χ0) is 10.3. The molecule has 0 aliphatic heterocycles. The van der Waals surface area contributed by atoms with E-state index in [2.05, 4.69) is 0 Å². The second kappa shape index (κ2) is 3.76. The Bertz CT molecular complexity index is 229. The van der Waals surface area contributed by atoms with Crippen molar-refractivity contribution in [2.75, 3.05) is 0 Å². The van der Waals surface area contributed by atoms with Crippen LogP contribution in [0.5, 0.6) is 0 Å². The molecule has 1 heteroatoms. The first kappa shape index (κ1) is 10.1. The zero-order valence-electron chi connectivity index (χ0n) is 9.75. The monoisotopic (exact) mass is 208 g/mol. The third-order valence-electron chi connectivity index (χ3n) is 5.57. The van der Waals surface area contributed by atoms with Gasteiger partial charge in [0.1, 0.15) is 0 Å². The maximum atomic E-state index is 10.2. The fourth-order valence-corrected chi connectivity index (χ4v) is 4.93. The van der Waals surface area contributed by atoms with E-state index >= 15 is 0 Å². The highest BCUT2D eigenvalue weighted by Gasteiger charge is 2.52. The molecular formula is C14H24O. The number of aliphatic hydroxyl groups excluding tert-OH is 1. The van der Waals surface area contributed by atoms with Crippen LogP contribution in [-0.4, -0.2) is 11.2 Å². The van der Waals surface area contributed by atoms with Gasteiger partial charge in [-0.2, -0.15) is 0 Å². The fraction of sp³-hybridized carbons (Fsp3) is 1.00.